The second-order valence-corrected chi connectivity index (χ2v) is 9.92. The van der Waals surface area contributed by atoms with Gasteiger partial charge in [0.05, 0.1) is 32.5 Å². The molecule has 0 aliphatic carbocycles. The van der Waals surface area contributed by atoms with Gasteiger partial charge in [0, 0.05) is 0 Å². The van der Waals surface area contributed by atoms with E-state index in [2.05, 4.69) is 0 Å². The molecule has 17 nitrogen and oxygen atoms in total. The van der Waals surface area contributed by atoms with Crippen molar-refractivity contribution < 1.29 is 84.2 Å². The van der Waals surface area contributed by atoms with Gasteiger partial charge in [0.25, 0.3) is 0 Å². The highest BCUT2D eigenvalue weighted by Crippen LogP contribution is 2.33. The van der Waals surface area contributed by atoms with E-state index in [1.807, 2.05) is 0 Å². The molecule has 0 saturated carbocycles. The van der Waals surface area contributed by atoms with Gasteiger partial charge < -0.3 is 84.2 Å². The first-order valence-electron chi connectivity index (χ1n) is 12.1. The molecule has 0 radical (unpaired) electrons. The Bertz CT molecular complexity index is 776. The highest BCUT2D eigenvalue weighted by molar-refractivity contribution is 4.97. The number of aliphatic hydroxyl groups is 10. The largest absolute Gasteiger partial charge is 0.393 e. The van der Waals surface area contributed by atoms with Crippen molar-refractivity contribution in [1.82, 2.24) is 0 Å². The summed E-state index contributed by atoms with van der Waals surface area (Å²) in [6.45, 7) is -0.721. The molecule has 0 spiro atoms. The Kier molecular flexibility index (Phi) is 9.60. The maximum absolute atomic E-state index is 10.9. The average Bonchev–Trinajstić information content (AvgIpc) is 3.17. The van der Waals surface area contributed by atoms with E-state index < -0.39 is 124 Å². The minimum atomic E-state index is -2.02. The van der Waals surface area contributed by atoms with E-state index in [4.69, 9.17) is 33.2 Å². The van der Waals surface area contributed by atoms with Gasteiger partial charge in [0.2, 0.25) is 0 Å². The van der Waals surface area contributed by atoms with Crippen molar-refractivity contribution in [3.8, 4) is 0 Å². The average molecular weight is 561 g/mol. The van der Waals surface area contributed by atoms with Crippen molar-refractivity contribution in [2.75, 3.05) is 26.4 Å². The van der Waals surface area contributed by atoms with Gasteiger partial charge in [0.15, 0.2) is 25.2 Å². The SMILES string of the molecule is C[C@@H]1O[C@@H](O[C@@H]2[C@@H](O[C@@H]3OC[C@@H](O)[C@H](O)[C@H]3O)[C@@H](O)CO[C@H]2O)[C@H](O)[C@H](O[C@@H]2OC[C@](O)(CO)[C@H]2O)[C@H]1O. The van der Waals surface area contributed by atoms with Crippen LogP contribution in [0.1, 0.15) is 6.92 Å². The molecule has 4 heterocycles. The van der Waals surface area contributed by atoms with Crippen LogP contribution in [0.15, 0.2) is 0 Å². The maximum Gasteiger partial charge on any atom is 0.187 e. The molecule has 4 aliphatic rings. The molecule has 0 aromatic heterocycles. The Morgan fingerprint density at radius 1 is 0.684 bits per heavy atom. The van der Waals surface area contributed by atoms with Crippen LogP contribution in [0.2, 0.25) is 0 Å². The Balaban J connectivity index is 1.47. The maximum atomic E-state index is 10.9. The molecule has 4 fully saturated rings. The Morgan fingerprint density at radius 3 is 1.97 bits per heavy atom. The smallest absolute Gasteiger partial charge is 0.187 e. The van der Waals surface area contributed by atoms with E-state index in [1.165, 1.54) is 6.92 Å². The minimum Gasteiger partial charge on any atom is -0.393 e. The van der Waals surface area contributed by atoms with Gasteiger partial charge in [0.1, 0.15) is 66.6 Å². The van der Waals surface area contributed by atoms with Crippen LogP contribution >= 0.6 is 0 Å². The summed E-state index contributed by atoms with van der Waals surface area (Å²) < 4.78 is 37.8. The predicted octanol–water partition coefficient (Wildman–Crippen LogP) is -6.80. The van der Waals surface area contributed by atoms with Crippen LogP contribution in [0.5, 0.6) is 0 Å². The van der Waals surface area contributed by atoms with Crippen molar-refractivity contribution in [3.63, 3.8) is 0 Å². The van der Waals surface area contributed by atoms with Crippen LogP contribution < -0.4 is 0 Å². The molecule has 4 saturated heterocycles. The van der Waals surface area contributed by atoms with Crippen LogP contribution in [-0.4, -0.2) is 175 Å². The fourth-order valence-corrected chi connectivity index (χ4v) is 4.62. The Labute approximate surface area is 216 Å². The van der Waals surface area contributed by atoms with Crippen molar-refractivity contribution in [1.29, 1.82) is 0 Å². The third-order valence-electron chi connectivity index (χ3n) is 7.11. The molecule has 10 N–H and O–H groups in total. The molecule has 222 valence electrons. The number of rotatable bonds is 7. The molecular formula is C21H36O17. The minimum absolute atomic E-state index is 0.393. The van der Waals surface area contributed by atoms with Crippen LogP contribution in [-0.2, 0) is 33.2 Å². The lowest BCUT2D eigenvalue weighted by atomic mass is 9.98. The summed E-state index contributed by atoms with van der Waals surface area (Å²) in [6.07, 6.45) is -23.2. The lowest BCUT2D eigenvalue weighted by molar-refractivity contribution is -0.377. The van der Waals surface area contributed by atoms with E-state index in [1.54, 1.807) is 0 Å². The summed E-state index contributed by atoms with van der Waals surface area (Å²) in [7, 11) is 0. The van der Waals surface area contributed by atoms with Gasteiger partial charge in [-0.3, -0.25) is 0 Å². The normalized spacial score (nSPS) is 54.2. The van der Waals surface area contributed by atoms with Crippen molar-refractivity contribution in [3.05, 3.63) is 0 Å². The highest BCUT2D eigenvalue weighted by atomic mass is 16.8. The van der Waals surface area contributed by atoms with Crippen LogP contribution in [0.25, 0.3) is 0 Å². The van der Waals surface area contributed by atoms with Gasteiger partial charge in [-0.05, 0) is 6.92 Å². The number of hydrogen-bond acceptors (Lipinski definition) is 17. The van der Waals surface area contributed by atoms with Crippen molar-refractivity contribution >= 4 is 0 Å². The van der Waals surface area contributed by atoms with Crippen LogP contribution in [0, 0.1) is 0 Å². The summed E-state index contributed by atoms with van der Waals surface area (Å²) in [5, 5.41) is 102. The monoisotopic (exact) mass is 560 g/mol. The van der Waals surface area contributed by atoms with Gasteiger partial charge in [-0.25, -0.2) is 0 Å². The zero-order valence-corrected chi connectivity index (χ0v) is 20.3. The quantitative estimate of drug-likeness (QED) is 0.139. The van der Waals surface area contributed by atoms with E-state index >= 15 is 0 Å². The molecule has 0 amide bonds. The third kappa shape index (κ3) is 5.85. The zero-order valence-electron chi connectivity index (χ0n) is 20.3. The summed E-state index contributed by atoms with van der Waals surface area (Å²) in [4.78, 5) is 0. The van der Waals surface area contributed by atoms with E-state index in [-0.39, 0.29) is 0 Å². The second-order valence-electron chi connectivity index (χ2n) is 9.92. The fourth-order valence-electron chi connectivity index (χ4n) is 4.62. The molecule has 0 aromatic rings. The molecule has 0 bridgehead atoms. The third-order valence-corrected chi connectivity index (χ3v) is 7.11. The Hall–Kier alpha value is -0.680. The molecule has 4 rings (SSSR count). The number of hydrogen-bond donors (Lipinski definition) is 10. The molecule has 16 atom stereocenters. The van der Waals surface area contributed by atoms with Crippen LogP contribution in [0.4, 0.5) is 0 Å². The van der Waals surface area contributed by atoms with E-state index in [0.29, 0.717) is 0 Å². The molecule has 38 heavy (non-hydrogen) atoms. The molecule has 17 heteroatoms. The lowest BCUT2D eigenvalue weighted by Crippen LogP contribution is -2.64. The summed E-state index contributed by atoms with van der Waals surface area (Å²) in [6, 6.07) is 0. The van der Waals surface area contributed by atoms with Crippen molar-refractivity contribution in [2.24, 2.45) is 0 Å². The van der Waals surface area contributed by atoms with E-state index in [9.17, 15) is 51.1 Å². The number of aliphatic hydroxyl groups excluding tert-OH is 9. The molecular weight excluding hydrogens is 524 g/mol. The first kappa shape index (κ1) is 30.3. The van der Waals surface area contributed by atoms with Crippen molar-refractivity contribution in [2.45, 2.75) is 105 Å². The molecule has 4 aliphatic heterocycles. The molecule has 0 aromatic carbocycles. The highest BCUT2D eigenvalue weighted by Gasteiger charge is 2.54. The second kappa shape index (κ2) is 12.0. The lowest BCUT2D eigenvalue weighted by Gasteiger charge is -2.46. The Morgan fingerprint density at radius 2 is 1.32 bits per heavy atom. The summed E-state index contributed by atoms with van der Waals surface area (Å²) in [5.41, 5.74) is -2.02. The van der Waals surface area contributed by atoms with Gasteiger partial charge in [-0.15, -0.1) is 0 Å². The topological polar surface area (TPSA) is 267 Å². The fraction of sp³-hybridized carbons (Fsp3) is 1.00. The van der Waals surface area contributed by atoms with E-state index in [0.717, 1.165) is 0 Å². The molecule has 0 unspecified atom stereocenters. The zero-order chi connectivity index (χ0) is 27.9. The van der Waals surface area contributed by atoms with Gasteiger partial charge >= 0.3 is 0 Å². The summed E-state index contributed by atoms with van der Waals surface area (Å²) >= 11 is 0. The van der Waals surface area contributed by atoms with Crippen LogP contribution in [0.3, 0.4) is 0 Å². The first-order chi connectivity index (χ1) is 17.9. The predicted molar refractivity (Wildman–Crippen MR) is 114 cm³/mol. The summed E-state index contributed by atoms with van der Waals surface area (Å²) in [5.74, 6) is 0. The number of ether oxygens (including phenoxy) is 7. The van der Waals surface area contributed by atoms with Gasteiger partial charge in [-0.1, -0.05) is 0 Å². The standard InChI is InChI=1S/C21H36O17/c1-6-9(25)14(37-20-16(29)21(31,4-22)5-34-20)12(28)19(35-6)38-15-13(8(24)3-32-17(15)30)36-18-11(27)10(26)7(23)2-33-18/h6-20,22-31H,2-5H2,1H3/t6-,7+,8-,9-,10-,11+,12+,13-,14+,15+,16-,17+,18-,19-,20-,21+/m0/s1. The van der Waals surface area contributed by atoms with Gasteiger partial charge in [-0.2, -0.15) is 0 Å². The first-order valence-corrected chi connectivity index (χ1v) is 12.1.